The number of nitrogens with one attached hydrogen (secondary N) is 1. The Morgan fingerprint density at radius 3 is 2.71 bits per heavy atom. The summed E-state index contributed by atoms with van der Waals surface area (Å²) in [6.45, 7) is 1.51. The third-order valence-electron chi connectivity index (χ3n) is 4.97. The van der Waals surface area contributed by atoms with Gasteiger partial charge in [-0.15, -0.1) is 0 Å². The third kappa shape index (κ3) is 3.63. The van der Waals surface area contributed by atoms with Crippen LogP contribution >= 0.6 is 12.2 Å². The summed E-state index contributed by atoms with van der Waals surface area (Å²) in [6.07, 6.45) is 8.42. The van der Waals surface area contributed by atoms with Crippen molar-refractivity contribution in [3.63, 3.8) is 0 Å². The van der Waals surface area contributed by atoms with Crippen molar-refractivity contribution in [3.05, 3.63) is 78.6 Å². The molecule has 0 bridgehead atoms. The van der Waals surface area contributed by atoms with E-state index in [4.69, 9.17) is 17.0 Å². The van der Waals surface area contributed by atoms with Gasteiger partial charge in [-0.25, -0.2) is 0 Å². The van der Waals surface area contributed by atoms with Crippen molar-refractivity contribution < 1.29 is 4.74 Å². The lowest BCUT2D eigenvalue weighted by atomic mass is 10.0. The van der Waals surface area contributed by atoms with Gasteiger partial charge in [0, 0.05) is 56.4 Å². The molecular weight excluding hydrogens is 370 g/mol. The Morgan fingerprint density at radius 2 is 1.96 bits per heavy atom. The fourth-order valence-corrected chi connectivity index (χ4v) is 4.05. The lowest BCUT2D eigenvalue weighted by Crippen LogP contribution is -2.32. The monoisotopic (exact) mass is 393 g/mol. The van der Waals surface area contributed by atoms with Crippen LogP contribution in [0.5, 0.6) is 0 Å². The van der Waals surface area contributed by atoms with Crippen LogP contribution in [0, 0.1) is 0 Å². The van der Waals surface area contributed by atoms with Crippen molar-refractivity contribution in [2.75, 3.05) is 20.3 Å². The van der Waals surface area contributed by atoms with Gasteiger partial charge in [0.05, 0.1) is 17.8 Å². The minimum atomic E-state index is -0.0215. The Morgan fingerprint density at radius 1 is 1.11 bits per heavy atom. The van der Waals surface area contributed by atoms with E-state index in [1.54, 1.807) is 7.11 Å². The summed E-state index contributed by atoms with van der Waals surface area (Å²) in [4.78, 5) is 11.0. The van der Waals surface area contributed by atoms with Gasteiger partial charge in [0.25, 0.3) is 0 Å². The van der Waals surface area contributed by atoms with E-state index in [1.165, 1.54) is 0 Å². The summed E-state index contributed by atoms with van der Waals surface area (Å²) in [7, 11) is 1.73. The lowest BCUT2D eigenvalue weighted by molar-refractivity contribution is 0.180. The predicted molar refractivity (Wildman–Crippen MR) is 112 cm³/mol. The normalized spacial score (nSPS) is 19.0. The number of rotatable bonds is 7. The molecule has 0 saturated carbocycles. The van der Waals surface area contributed by atoms with E-state index >= 15 is 0 Å². The second kappa shape index (κ2) is 8.50. The van der Waals surface area contributed by atoms with E-state index < -0.39 is 0 Å². The van der Waals surface area contributed by atoms with Crippen molar-refractivity contribution in [2.45, 2.75) is 18.5 Å². The van der Waals surface area contributed by atoms with Crippen molar-refractivity contribution in [1.82, 2.24) is 24.8 Å². The molecule has 0 radical (unpaired) electrons. The first kappa shape index (κ1) is 18.6. The quantitative estimate of drug-likeness (QED) is 0.491. The Kier molecular flexibility index (Phi) is 5.64. The minimum absolute atomic E-state index is 0.0215. The van der Waals surface area contributed by atoms with Gasteiger partial charge in [-0.3, -0.25) is 9.97 Å². The summed E-state index contributed by atoms with van der Waals surface area (Å²) < 4.78 is 7.45. The highest BCUT2D eigenvalue weighted by atomic mass is 32.1. The molecule has 6 nitrogen and oxygen atoms in total. The molecule has 144 valence electrons. The maximum atomic E-state index is 5.71. The highest BCUT2D eigenvalue weighted by molar-refractivity contribution is 7.80. The summed E-state index contributed by atoms with van der Waals surface area (Å²) >= 11 is 5.71. The van der Waals surface area contributed by atoms with Gasteiger partial charge in [-0.2, -0.15) is 0 Å². The molecule has 28 heavy (non-hydrogen) atoms. The molecule has 2 atom stereocenters. The minimum Gasteiger partial charge on any atom is -0.385 e. The molecule has 1 saturated heterocycles. The molecule has 0 spiro atoms. The summed E-state index contributed by atoms with van der Waals surface area (Å²) in [5.41, 5.74) is 3.21. The summed E-state index contributed by atoms with van der Waals surface area (Å²) in [5.74, 6) is 0. The average molecular weight is 394 g/mol. The molecule has 1 N–H and O–H groups in total. The van der Waals surface area contributed by atoms with E-state index in [1.807, 2.05) is 48.9 Å². The van der Waals surface area contributed by atoms with Crippen LogP contribution in [0.2, 0.25) is 0 Å². The molecule has 4 rings (SSSR count). The van der Waals surface area contributed by atoms with Crippen molar-refractivity contribution in [3.8, 4) is 5.69 Å². The average Bonchev–Trinajstić information content (AvgIpc) is 3.34. The first-order valence-corrected chi connectivity index (χ1v) is 9.75. The molecule has 7 heteroatoms. The topological polar surface area (TPSA) is 55.2 Å². The maximum absolute atomic E-state index is 5.71. The number of thiocarbonyl (C=S) groups is 1. The molecular formula is C21H23N5OS. The second-order valence-corrected chi connectivity index (χ2v) is 7.06. The zero-order valence-electron chi connectivity index (χ0n) is 15.7. The molecule has 4 heterocycles. The molecule has 1 fully saturated rings. The number of methoxy groups -OCH3 is 1. The van der Waals surface area contributed by atoms with Gasteiger partial charge in [-0.1, -0.05) is 6.07 Å². The van der Waals surface area contributed by atoms with E-state index in [2.05, 4.69) is 43.1 Å². The van der Waals surface area contributed by atoms with Gasteiger partial charge in [0.15, 0.2) is 5.11 Å². The highest BCUT2D eigenvalue weighted by Gasteiger charge is 2.40. The SMILES string of the molecule is COCCCN1C(=S)N[C@@H](c2ccccn2)[C@@H]1c1cccn1-c1ccncc1. The molecule has 0 aliphatic carbocycles. The largest absolute Gasteiger partial charge is 0.385 e. The fourth-order valence-electron chi connectivity index (χ4n) is 3.72. The standard InChI is InChI=1S/C21H23N5OS/c1-27-15-5-14-26-20(19(24-21(26)28)17-6-2-3-10-23-17)18-7-4-13-25(18)16-8-11-22-12-9-16/h2-4,6-13,19-20H,5,14-15H2,1H3,(H,24,28)/t19-,20-/m0/s1. The third-order valence-corrected chi connectivity index (χ3v) is 5.32. The molecule has 0 amide bonds. The van der Waals surface area contributed by atoms with E-state index in [0.717, 1.165) is 35.2 Å². The summed E-state index contributed by atoms with van der Waals surface area (Å²) in [5, 5.41) is 4.24. The van der Waals surface area contributed by atoms with Gasteiger partial charge in [0.1, 0.15) is 0 Å². The number of aromatic nitrogens is 3. The second-order valence-electron chi connectivity index (χ2n) is 6.67. The number of nitrogens with zero attached hydrogens (tertiary/aromatic N) is 4. The van der Waals surface area contributed by atoms with Crippen LogP contribution in [-0.2, 0) is 4.74 Å². The predicted octanol–water partition coefficient (Wildman–Crippen LogP) is 3.28. The van der Waals surface area contributed by atoms with Crippen LogP contribution in [0.1, 0.15) is 29.9 Å². The molecule has 3 aromatic heterocycles. The van der Waals surface area contributed by atoms with E-state index in [9.17, 15) is 0 Å². The Bertz CT molecular complexity index is 915. The van der Waals surface area contributed by atoms with Crippen LogP contribution in [0.4, 0.5) is 0 Å². The Balaban J connectivity index is 1.75. The lowest BCUT2D eigenvalue weighted by Gasteiger charge is -2.29. The highest BCUT2D eigenvalue weighted by Crippen LogP contribution is 2.39. The first-order valence-electron chi connectivity index (χ1n) is 9.34. The molecule has 1 aliphatic rings. The van der Waals surface area contributed by atoms with Crippen LogP contribution in [0.3, 0.4) is 0 Å². The summed E-state index contributed by atoms with van der Waals surface area (Å²) in [6, 6.07) is 14.2. The fraction of sp³-hybridized carbons (Fsp3) is 0.286. The van der Waals surface area contributed by atoms with Crippen molar-refractivity contribution in [2.24, 2.45) is 0 Å². The molecule has 1 aliphatic heterocycles. The zero-order chi connectivity index (χ0) is 19.3. The first-order chi connectivity index (χ1) is 13.8. The number of hydrogen-bond donors (Lipinski definition) is 1. The van der Waals surface area contributed by atoms with Gasteiger partial charge in [0.2, 0.25) is 0 Å². The van der Waals surface area contributed by atoms with E-state index in [-0.39, 0.29) is 12.1 Å². The van der Waals surface area contributed by atoms with Gasteiger partial charge < -0.3 is 19.5 Å². The molecule has 0 unspecified atom stereocenters. The van der Waals surface area contributed by atoms with Gasteiger partial charge in [-0.05, 0) is 55.0 Å². The smallest absolute Gasteiger partial charge is 0.170 e. The Hall–Kier alpha value is -2.77. The Labute approximate surface area is 170 Å². The maximum Gasteiger partial charge on any atom is 0.170 e. The van der Waals surface area contributed by atoms with Crippen LogP contribution in [0.15, 0.2) is 67.3 Å². The van der Waals surface area contributed by atoms with Crippen LogP contribution in [0.25, 0.3) is 5.69 Å². The number of ether oxygens (including phenoxy) is 1. The number of hydrogen-bond acceptors (Lipinski definition) is 4. The zero-order valence-corrected chi connectivity index (χ0v) is 16.5. The van der Waals surface area contributed by atoms with E-state index in [0.29, 0.717) is 6.61 Å². The van der Waals surface area contributed by atoms with Crippen molar-refractivity contribution in [1.29, 1.82) is 0 Å². The van der Waals surface area contributed by atoms with Crippen LogP contribution in [-0.4, -0.2) is 44.8 Å². The molecule has 3 aromatic rings. The van der Waals surface area contributed by atoms with Crippen molar-refractivity contribution >= 4 is 17.3 Å². The van der Waals surface area contributed by atoms with Crippen LogP contribution < -0.4 is 5.32 Å². The van der Waals surface area contributed by atoms with Gasteiger partial charge >= 0.3 is 0 Å². The number of pyridine rings is 2. The molecule has 0 aromatic carbocycles.